The Morgan fingerprint density at radius 1 is 1.00 bits per heavy atom. The standard InChI is InChI=1S/C23H38Br2N2O6Si2/c1-13(2)34(14(3)4)30-12-19-18(32-35(33-34,15(5)6)16(7)8)11-22(31-19)27-17(9-20(24)25)10-21(28)26-23(27)29/h9-10,13-16,18-19,22H,11-12H2,1-8H3,(H,26,28,29)/t18-,19-,22-/m1/s1. The third-order valence-electron chi connectivity index (χ3n) is 7.08. The Bertz CT molecular complexity index is 1040. The second-order valence-corrected chi connectivity index (χ2v) is 22.3. The van der Waals surface area contributed by atoms with Gasteiger partial charge in [-0.2, -0.15) is 0 Å². The molecule has 3 rings (SSSR count). The van der Waals surface area contributed by atoms with E-state index >= 15 is 0 Å². The van der Waals surface area contributed by atoms with Crippen LogP contribution in [0.2, 0.25) is 22.2 Å². The summed E-state index contributed by atoms with van der Waals surface area (Å²) in [6.45, 7) is 17.8. The van der Waals surface area contributed by atoms with Gasteiger partial charge in [0.05, 0.1) is 21.8 Å². The van der Waals surface area contributed by atoms with Gasteiger partial charge >= 0.3 is 22.8 Å². The molecule has 2 aliphatic heterocycles. The normalized spacial score (nSPS) is 26.2. The van der Waals surface area contributed by atoms with Crippen LogP contribution < -0.4 is 11.2 Å². The second-order valence-electron chi connectivity index (χ2n) is 10.7. The van der Waals surface area contributed by atoms with Gasteiger partial charge < -0.3 is 17.7 Å². The molecule has 0 saturated carbocycles. The SMILES string of the molecule is CC(C)[Si]1(C(C)C)OC[C@H]2O[C@@H](n3c(C=C(Br)Br)cc(=O)[nH]c3=O)C[C@H]2O[Si](C(C)C)(C(C)C)O1. The molecule has 2 aliphatic rings. The Hall–Kier alpha value is -0.346. The zero-order valence-corrected chi connectivity index (χ0v) is 26.9. The first-order valence-electron chi connectivity index (χ1n) is 12.3. The summed E-state index contributed by atoms with van der Waals surface area (Å²) in [5.74, 6) is 0. The summed E-state index contributed by atoms with van der Waals surface area (Å²) in [7, 11) is -5.45. The maximum absolute atomic E-state index is 12.9. The molecular formula is C23H38Br2N2O6Si2. The van der Waals surface area contributed by atoms with Crippen molar-refractivity contribution in [1.29, 1.82) is 0 Å². The average Bonchev–Trinajstić information content (AvgIpc) is 3.07. The smallest absolute Gasteiger partial charge is 0.335 e. The van der Waals surface area contributed by atoms with Gasteiger partial charge in [-0.05, 0) is 60.1 Å². The van der Waals surface area contributed by atoms with Crippen LogP contribution in [-0.4, -0.2) is 45.5 Å². The van der Waals surface area contributed by atoms with Crippen molar-refractivity contribution in [3.63, 3.8) is 0 Å². The van der Waals surface area contributed by atoms with Crippen molar-refractivity contribution in [3.05, 3.63) is 36.0 Å². The van der Waals surface area contributed by atoms with E-state index in [9.17, 15) is 9.59 Å². The van der Waals surface area contributed by atoms with Gasteiger partial charge in [-0.1, -0.05) is 55.4 Å². The fourth-order valence-electron chi connectivity index (χ4n) is 5.34. The van der Waals surface area contributed by atoms with Crippen LogP contribution >= 0.6 is 31.9 Å². The maximum atomic E-state index is 12.9. The Morgan fingerprint density at radius 2 is 1.57 bits per heavy atom. The van der Waals surface area contributed by atoms with Crippen molar-refractivity contribution in [3.8, 4) is 0 Å². The topological polar surface area (TPSA) is 91.8 Å². The molecule has 8 nitrogen and oxygen atoms in total. The number of rotatable bonds is 6. The quantitative estimate of drug-likeness (QED) is 0.386. The van der Waals surface area contributed by atoms with Crippen LogP contribution in [0, 0.1) is 0 Å². The summed E-state index contributed by atoms with van der Waals surface area (Å²) in [5, 5.41) is 0. The first-order chi connectivity index (χ1) is 16.2. The molecule has 0 bridgehead atoms. The third kappa shape index (κ3) is 5.74. The van der Waals surface area contributed by atoms with Gasteiger partial charge in [0.15, 0.2) is 0 Å². The number of hydrogen-bond acceptors (Lipinski definition) is 6. The monoisotopic (exact) mass is 652 g/mol. The summed E-state index contributed by atoms with van der Waals surface area (Å²) in [6.07, 6.45) is 0.877. The van der Waals surface area contributed by atoms with Crippen LogP contribution in [0.3, 0.4) is 0 Å². The minimum absolute atomic E-state index is 0.201. The van der Waals surface area contributed by atoms with Gasteiger partial charge in [-0.25, -0.2) is 4.79 Å². The molecule has 0 amide bonds. The number of nitrogens with one attached hydrogen (secondary N) is 1. The molecule has 2 saturated heterocycles. The highest BCUT2D eigenvalue weighted by Gasteiger charge is 2.60. The van der Waals surface area contributed by atoms with Crippen LogP contribution in [0.25, 0.3) is 6.08 Å². The molecule has 12 heteroatoms. The average molecular weight is 655 g/mol. The predicted molar refractivity (Wildman–Crippen MR) is 149 cm³/mol. The van der Waals surface area contributed by atoms with E-state index in [1.807, 2.05) is 0 Å². The number of hydrogen-bond donors (Lipinski definition) is 1. The van der Waals surface area contributed by atoms with E-state index in [2.05, 4.69) is 92.2 Å². The Morgan fingerprint density at radius 3 is 2.09 bits per heavy atom. The summed E-state index contributed by atoms with van der Waals surface area (Å²) in [6, 6.07) is 1.38. The lowest BCUT2D eigenvalue weighted by molar-refractivity contribution is -0.0567. The number of H-pyrrole nitrogens is 1. The maximum Gasteiger partial charge on any atom is 0.335 e. The van der Waals surface area contributed by atoms with E-state index in [0.717, 1.165) is 0 Å². The molecule has 0 unspecified atom stereocenters. The molecule has 1 aromatic rings. The van der Waals surface area contributed by atoms with Crippen molar-refractivity contribution in [2.45, 2.75) is 102 Å². The molecule has 1 aromatic heterocycles. The molecule has 1 N–H and O–H groups in total. The van der Waals surface area contributed by atoms with Gasteiger partial charge in [0.25, 0.3) is 5.56 Å². The van der Waals surface area contributed by atoms with E-state index in [-0.39, 0.29) is 34.4 Å². The first-order valence-corrected chi connectivity index (χ1v) is 17.8. The van der Waals surface area contributed by atoms with Crippen LogP contribution in [0.5, 0.6) is 0 Å². The summed E-state index contributed by atoms with van der Waals surface area (Å²) < 4.78 is 29.6. The van der Waals surface area contributed by atoms with Gasteiger partial charge in [0, 0.05) is 12.5 Å². The first kappa shape index (κ1) is 29.2. The van der Waals surface area contributed by atoms with E-state index in [0.29, 0.717) is 22.1 Å². The van der Waals surface area contributed by atoms with Crippen molar-refractivity contribution >= 4 is 55.1 Å². The highest BCUT2D eigenvalue weighted by atomic mass is 79.9. The Balaban J connectivity index is 2.09. The molecule has 0 aromatic carbocycles. The summed E-state index contributed by atoms with van der Waals surface area (Å²) >= 11 is 6.66. The van der Waals surface area contributed by atoms with Gasteiger partial charge in [-0.3, -0.25) is 14.3 Å². The Kier molecular flexibility index (Phi) is 9.33. The Labute approximate surface area is 226 Å². The number of halogens is 2. The van der Waals surface area contributed by atoms with E-state index in [1.165, 1.54) is 10.6 Å². The fourth-order valence-corrected chi connectivity index (χ4v) is 17.0. The third-order valence-corrected chi connectivity index (χ3v) is 17.8. The summed E-state index contributed by atoms with van der Waals surface area (Å²) in [5.41, 5.74) is 0.317. The van der Waals surface area contributed by atoms with Crippen molar-refractivity contribution in [2.24, 2.45) is 0 Å². The van der Waals surface area contributed by atoms with Gasteiger partial charge in [-0.15, -0.1) is 0 Å². The number of nitrogens with zero attached hydrogens (tertiary/aromatic N) is 1. The van der Waals surface area contributed by atoms with Crippen molar-refractivity contribution < 1.29 is 17.7 Å². The molecule has 3 atom stereocenters. The molecule has 3 heterocycles. The predicted octanol–water partition coefficient (Wildman–Crippen LogP) is 5.87. The second kappa shape index (κ2) is 11.2. The lowest BCUT2D eigenvalue weighted by Crippen LogP contribution is -2.65. The van der Waals surface area contributed by atoms with Gasteiger partial charge in [0.1, 0.15) is 12.3 Å². The van der Waals surface area contributed by atoms with Crippen LogP contribution in [0.4, 0.5) is 0 Å². The minimum atomic E-state index is -2.78. The van der Waals surface area contributed by atoms with Crippen molar-refractivity contribution in [2.75, 3.05) is 6.61 Å². The zero-order valence-electron chi connectivity index (χ0n) is 21.8. The minimum Gasteiger partial charge on any atom is -0.414 e. The zero-order chi connectivity index (χ0) is 26.3. The van der Waals surface area contributed by atoms with E-state index < -0.39 is 34.6 Å². The molecular weight excluding hydrogens is 616 g/mol. The van der Waals surface area contributed by atoms with Crippen molar-refractivity contribution in [1.82, 2.24) is 9.55 Å². The lowest BCUT2D eigenvalue weighted by Gasteiger charge is -2.51. The van der Waals surface area contributed by atoms with E-state index in [4.69, 9.17) is 17.7 Å². The molecule has 0 spiro atoms. The molecule has 198 valence electrons. The highest BCUT2D eigenvalue weighted by molar-refractivity contribution is 9.28. The van der Waals surface area contributed by atoms with Crippen LogP contribution in [0.1, 0.15) is 73.7 Å². The number of ether oxygens (including phenoxy) is 1. The van der Waals surface area contributed by atoms with Gasteiger partial charge in [0.2, 0.25) is 0 Å². The highest BCUT2D eigenvalue weighted by Crippen LogP contribution is 2.48. The molecule has 35 heavy (non-hydrogen) atoms. The lowest BCUT2D eigenvalue weighted by atomic mass is 10.2. The largest absolute Gasteiger partial charge is 0.414 e. The van der Waals surface area contributed by atoms with Crippen LogP contribution in [0.15, 0.2) is 19.0 Å². The van der Waals surface area contributed by atoms with Crippen LogP contribution in [-0.2, 0) is 17.7 Å². The summed E-state index contributed by atoms with van der Waals surface area (Å²) in [4.78, 5) is 27.3. The fraction of sp³-hybridized carbons (Fsp3) is 0.739. The number of aromatic nitrogens is 2. The molecule has 0 radical (unpaired) electrons. The number of fused-ring (bicyclic) bond motifs is 1. The van der Waals surface area contributed by atoms with E-state index in [1.54, 1.807) is 6.08 Å². The molecule has 2 fully saturated rings. The number of aromatic amines is 1. The molecule has 0 aliphatic carbocycles.